The number of fused-ring (bicyclic) bond motifs is 5. The van der Waals surface area contributed by atoms with Crippen LogP contribution in [0.3, 0.4) is 0 Å². The second-order valence-corrected chi connectivity index (χ2v) is 5.47. The van der Waals surface area contributed by atoms with Gasteiger partial charge in [0.25, 0.3) is 5.91 Å². The summed E-state index contributed by atoms with van der Waals surface area (Å²) in [6, 6.07) is 6.01. The Morgan fingerprint density at radius 2 is 2.14 bits per heavy atom. The van der Waals surface area contributed by atoms with Gasteiger partial charge in [0.15, 0.2) is 0 Å². The van der Waals surface area contributed by atoms with Crippen molar-refractivity contribution in [2.24, 2.45) is 0 Å². The van der Waals surface area contributed by atoms with Crippen LogP contribution in [0.1, 0.15) is 59.2 Å². The lowest BCUT2D eigenvalue weighted by Crippen LogP contribution is -2.13. The molecule has 5 heteroatoms. The molecule has 108 valence electrons. The molecule has 2 aliphatic heterocycles. The van der Waals surface area contributed by atoms with Crippen molar-refractivity contribution in [2.75, 3.05) is 5.32 Å². The highest BCUT2D eigenvalue weighted by atomic mass is 16.5. The molecule has 0 radical (unpaired) electrons. The molecule has 2 aromatic rings. The standard InChI is InChI=1S/C16H16N2O3/c1-2-10-8-17-16(20-10)18-15(19)9-3-4-11-12(7-9)14-6-5-13(11)21-14/h3-4,7-8,13-14H,2,5-6H2,1H3,(H,17,18,19). The maximum absolute atomic E-state index is 12.3. The van der Waals surface area contributed by atoms with E-state index in [4.69, 9.17) is 9.15 Å². The van der Waals surface area contributed by atoms with E-state index in [1.165, 1.54) is 5.56 Å². The Labute approximate surface area is 122 Å². The quantitative estimate of drug-likeness (QED) is 0.938. The number of nitrogens with zero attached hydrogens (tertiary/aromatic N) is 1. The van der Waals surface area contributed by atoms with E-state index in [9.17, 15) is 4.79 Å². The lowest BCUT2D eigenvalue weighted by Gasteiger charge is -2.12. The van der Waals surface area contributed by atoms with E-state index in [2.05, 4.69) is 10.3 Å². The van der Waals surface area contributed by atoms with E-state index in [-0.39, 0.29) is 24.1 Å². The first-order valence-electron chi connectivity index (χ1n) is 7.30. The number of benzene rings is 1. The van der Waals surface area contributed by atoms with Gasteiger partial charge in [0.1, 0.15) is 5.76 Å². The van der Waals surface area contributed by atoms with E-state index in [0.29, 0.717) is 5.56 Å². The molecule has 21 heavy (non-hydrogen) atoms. The van der Waals surface area contributed by atoms with Crippen molar-refractivity contribution < 1.29 is 13.9 Å². The van der Waals surface area contributed by atoms with Crippen molar-refractivity contribution >= 4 is 11.9 Å². The van der Waals surface area contributed by atoms with Crippen LogP contribution in [0, 0.1) is 0 Å². The molecule has 1 fully saturated rings. The summed E-state index contributed by atoms with van der Waals surface area (Å²) < 4.78 is 11.3. The van der Waals surface area contributed by atoms with E-state index in [1.807, 2.05) is 25.1 Å². The molecule has 2 aliphatic rings. The molecule has 1 aromatic heterocycles. The zero-order chi connectivity index (χ0) is 14.4. The van der Waals surface area contributed by atoms with Gasteiger partial charge < -0.3 is 9.15 Å². The first-order valence-corrected chi connectivity index (χ1v) is 7.30. The predicted molar refractivity (Wildman–Crippen MR) is 76.1 cm³/mol. The first kappa shape index (κ1) is 12.6. The molecule has 3 heterocycles. The number of hydrogen-bond acceptors (Lipinski definition) is 4. The molecule has 2 unspecified atom stereocenters. The van der Waals surface area contributed by atoms with Gasteiger partial charge in [-0.15, -0.1) is 0 Å². The molecule has 1 amide bonds. The van der Waals surface area contributed by atoms with E-state index < -0.39 is 0 Å². The monoisotopic (exact) mass is 284 g/mol. The van der Waals surface area contributed by atoms with Gasteiger partial charge in [-0.2, -0.15) is 0 Å². The number of nitrogens with one attached hydrogen (secondary N) is 1. The Hall–Kier alpha value is -2.14. The third-order valence-electron chi connectivity index (χ3n) is 4.18. The summed E-state index contributed by atoms with van der Waals surface area (Å²) in [5.74, 6) is 0.551. The van der Waals surface area contributed by atoms with Gasteiger partial charge in [-0.25, -0.2) is 4.98 Å². The summed E-state index contributed by atoms with van der Waals surface area (Å²) >= 11 is 0. The van der Waals surface area contributed by atoms with Gasteiger partial charge in [-0.05, 0) is 36.1 Å². The second kappa shape index (κ2) is 4.70. The van der Waals surface area contributed by atoms with E-state index in [1.54, 1.807) is 6.20 Å². The van der Waals surface area contributed by atoms with Gasteiger partial charge in [0.05, 0.1) is 18.4 Å². The summed E-state index contributed by atoms with van der Waals surface area (Å²) in [6.07, 6.45) is 4.89. The number of rotatable bonds is 3. The lowest BCUT2D eigenvalue weighted by molar-refractivity contribution is 0.0716. The third kappa shape index (κ3) is 2.05. The zero-order valence-electron chi connectivity index (χ0n) is 11.8. The molecule has 2 atom stereocenters. The fourth-order valence-corrected chi connectivity index (χ4v) is 3.08. The van der Waals surface area contributed by atoms with Crippen molar-refractivity contribution in [2.45, 2.75) is 38.4 Å². The minimum Gasteiger partial charge on any atom is -0.428 e. The van der Waals surface area contributed by atoms with Crippen LogP contribution in [0.15, 0.2) is 28.8 Å². The molecular weight excluding hydrogens is 268 g/mol. The molecular formula is C16H16N2O3. The first-order chi connectivity index (χ1) is 10.2. The Kier molecular flexibility index (Phi) is 2.82. The van der Waals surface area contributed by atoms with Crippen LogP contribution in [0.4, 0.5) is 6.01 Å². The summed E-state index contributed by atoms with van der Waals surface area (Å²) in [7, 11) is 0. The molecule has 0 saturated carbocycles. The van der Waals surface area contributed by atoms with Crippen LogP contribution in [0.25, 0.3) is 0 Å². The summed E-state index contributed by atoms with van der Waals surface area (Å²) in [6.45, 7) is 1.97. The summed E-state index contributed by atoms with van der Waals surface area (Å²) in [4.78, 5) is 16.3. The zero-order valence-corrected chi connectivity index (χ0v) is 11.8. The smallest absolute Gasteiger partial charge is 0.301 e. The van der Waals surface area contributed by atoms with Gasteiger partial charge >= 0.3 is 6.01 Å². The molecule has 0 aliphatic carbocycles. The van der Waals surface area contributed by atoms with Crippen LogP contribution in [-0.2, 0) is 11.2 Å². The normalized spacial score (nSPS) is 22.3. The molecule has 1 saturated heterocycles. The van der Waals surface area contributed by atoms with Gasteiger partial charge in [-0.3, -0.25) is 10.1 Å². The van der Waals surface area contributed by atoms with Crippen molar-refractivity contribution in [1.29, 1.82) is 0 Å². The molecule has 5 nitrogen and oxygen atoms in total. The SMILES string of the molecule is CCc1cnc(NC(=O)c2ccc3c(c2)C2CCC3O2)o1. The Balaban J connectivity index is 1.56. The van der Waals surface area contributed by atoms with Crippen molar-refractivity contribution in [3.8, 4) is 0 Å². The molecule has 1 aromatic carbocycles. The number of carbonyl (C=O) groups is 1. The minimum absolute atomic E-state index is 0.159. The number of hydrogen-bond donors (Lipinski definition) is 1. The van der Waals surface area contributed by atoms with Crippen molar-refractivity contribution in [3.63, 3.8) is 0 Å². The Morgan fingerprint density at radius 1 is 1.33 bits per heavy atom. The number of carbonyl (C=O) groups excluding carboxylic acids is 1. The summed E-state index contributed by atoms with van der Waals surface area (Å²) in [5.41, 5.74) is 2.99. The average Bonchev–Trinajstić information content (AvgIpc) is 3.22. The minimum atomic E-state index is -0.204. The molecule has 1 N–H and O–H groups in total. The average molecular weight is 284 g/mol. The van der Waals surface area contributed by atoms with E-state index >= 15 is 0 Å². The van der Waals surface area contributed by atoms with Gasteiger partial charge in [0, 0.05) is 12.0 Å². The van der Waals surface area contributed by atoms with Gasteiger partial charge in [-0.1, -0.05) is 13.0 Å². The predicted octanol–water partition coefficient (Wildman–Crippen LogP) is 3.40. The van der Waals surface area contributed by atoms with E-state index in [0.717, 1.165) is 30.6 Å². The number of aryl methyl sites for hydroxylation is 1. The molecule has 2 bridgehead atoms. The summed E-state index contributed by atoms with van der Waals surface area (Å²) in [5, 5.41) is 2.69. The number of ether oxygens (including phenoxy) is 1. The number of amides is 1. The Morgan fingerprint density at radius 3 is 2.90 bits per heavy atom. The lowest BCUT2D eigenvalue weighted by atomic mass is 9.90. The van der Waals surface area contributed by atoms with Crippen molar-refractivity contribution in [1.82, 2.24) is 4.98 Å². The fourth-order valence-electron chi connectivity index (χ4n) is 3.08. The highest BCUT2D eigenvalue weighted by molar-refractivity contribution is 6.03. The molecule has 4 rings (SSSR count). The largest absolute Gasteiger partial charge is 0.428 e. The highest BCUT2D eigenvalue weighted by Gasteiger charge is 2.38. The number of anilines is 1. The highest BCUT2D eigenvalue weighted by Crippen LogP contribution is 2.50. The maximum Gasteiger partial charge on any atom is 0.301 e. The topological polar surface area (TPSA) is 64.4 Å². The van der Waals surface area contributed by atoms with Crippen LogP contribution >= 0.6 is 0 Å². The fraction of sp³-hybridized carbons (Fsp3) is 0.375. The number of oxazole rings is 1. The van der Waals surface area contributed by atoms with Crippen LogP contribution < -0.4 is 5.32 Å². The molecule has 0 spiro atoms. The number of aromatic nitrogens is 1. The van der Waals surface area contributed by atoms with Gasteiger partial charge in [0.2, 0.25) is 0 Å². The second-order valence-electron chi connectivity index (χ2n) is 5.47. The Bertz CT molecular complexity index is 707. The van der Waals surface area contributed by atoms with Crippen LogP contribution in [-0.4, -0.2) is 10.9 Å². The van der Waals surface area contributed by atoms with Crippen LogP contribution in [0.2, 0.25) is 0 Å². The maximum atomic E-state index is 12.3. The van der Waals surface area contributed by atoms with Crippen LogP contribution in [0.5, 0.6) is 0 Å². The van der Waals surface area contributed by atoms with Crippen molar-refractivity contribution in [3.05, 3.63) is 46.8 Å². The third-order valence-corrected chi connectivity index (χ3v) is 4.18.